The fourth-order valence-electron chi connectivity index (χ4n) is 1.50. The van der Waals surface area contributed by atoms with E-state index >= 15 is 0 Å². The van der Waals surface area contributed by atoms with E-state index in [9.17, 15) is 8.42 Å². The van der Waals surface area contributed by atoms with Crippen molar-refractivity contribution >= 4 is 27.4 Å². The summed E-state index contributed by atoms with van der Waals surface area (Å²) in [5.74, 6) is 6.21. The van der Waals surface area contributed by atoms with Gasteiger partial charge >= 0.3 is 0 Å². The summed E-state index contributed by atoms with van der Waals surface area (Å²) in [5.41, 5.74) is 2.26. The molecule has 0 amide bonds. The molecule has 0 spiro atoms. The highest BCUT2D eigenvalue weighted by Gasteiger charge is 2.16. The maximum Gasteiger partial charge on any atom is 0.242 e. The molecule has 2 aromatic heterocycles. The van der Waals surface area contributed by atoms with Crippen molar-refractivity contribution in [3.05, 3.63) is 29.0 Å². The monoisotopic (exact) mass is 332 g/mol. The topological polar surface area (TPSA) is 136 Å². The third-order valence-electron chi connectivity index (χ3n) is 2.47. The fourth-order valence-corrected chi connectivity index (χ4v) is 2.78. The smallest absolute Gasteiger partial charge is 0.242 e. The largest absolute Gasteiger partial charge is 0.340 e. The Bertz CT molecular complexity index is 732. The third-order valence-corrected chi connectivity index (χ3v) is 4.19. The molecule has 0 radical (unpaired) electrons. The minimum atomic E-state index is -3.72. The molecule has 114 valence electrons. The van der Waals surface area contributed by atoms with E-state index in [2.05, 4.69) is 25.3 Å². The molecular weight excluding hydrogens is 320 g/mol. The lowest BCUT2D eigenvalue weighted by molar-refractivity contribution is 0.387. The Morgan fingerprint density at radius 1 is 1.48 bits per heavy atom. The van der Waals surface area contributed by atoms with E-state index in [-0.39, 0.29) is 22.3 Å². The summed E-state index contributed by atoms with van der Waals surface area (Å²) in [7, 11) is -3.72. The van der Waals surface area contributed by atoms with Crippen LogP contribution >= 0.6 is 11.6 Å². The van der Waals surface area contributed by atoms with E-state index < -0.39 is 10.0 Å². The van der Waals surface area contributed by atoms with Gasteiger partial charge in [-0.1, -0.05) is 16.8 Å². The number of sulfonamides is 1. The number of anilines is 1. The summed E-state index contributed by atoms with van der Waals surface area (Å²) in [6, 6.07) is 1.25. The molecule has 0 aliphatic rings. The van der Waals surface area contributed by atoms with Gasteiger partial charge in [0.15, 0.2) is 11.6 Å². The molecule has 11 heteroatoms. The van der Waals surface area contributed by atoms with Gasteiger partial charge in [-0.3, -0.25) is 0 Å². The number of rotatable bonds is 6. The van der Waals surface area contributed by atoms with E-state index in [1.54, 1.807) is 6.92 Å². The molecule has 0 atom stereocenters. The molecule has 0 aliphatic carbocycles. The number of halogens is 1. The molecule has 2 heterocycles. The molecule has 0 fully saturated rings. The average molecular weight is 333 g/mol. The van der Waals surface area contributed by atoms with Crippen LogP contribution in [0, 0.1) is 6.92 Å². The Kier molecular flexibility index (Phi) is 4.73. The van der Waals surface area contributed by atoms with E-state index in [0.29, 0.717) is 18.1 Å². The number of nitrogen functional groups attached to an aromatic ring is 1. The summed E-state index contributed by atoms with van der Waals surface area (Å²) >= 11 is 5.84. The standard InChI is InChI=1S/C10H13ClN6O3S/c1-6-15-9(17-20-6)2-3-14-21(18,19)7-4-8(11)10(16-12)13-5-7/h4-5,14H,2-3,12H2,1H3,(H,13,16). The lowest BCUT2D eigenvalue weighted by Gasteiger charge is -2.07. The van der Waals surface area contributed by atoms with Gasteiger partial charge in [-0.05, 0) is 6.07 Å². The van der Waals surface area contributed by atoms with Crippen LogP contribution in [-0.2, 0) is 16.4 Å². The number of aryl methyl sites for hydroxylation is 1. The Labute approximate surface area is 125 Å². The molecule has 0 unspecified atom stereocenters. The van der Waals surface area contributed by atoms with Crippen LogP contribution in [0.15, 0.2) is 21.7 Å². The second-order valence-electron chi connectivity index (χ2n) is 4.02. The van der Waals surface area contributed by atoms with Crippen LogP contribution in [0.3, 0.4) is 0 Å². The van der Waals surface area contributed by atoms with Crippen molar-refractivity contribution in [1.82, 2.24) is 19.8 Å². The van der Waals surface area contributed by atoms with Crippen LogP contribution in [-0.4, -0.2) is 30.1 Å². The highest BCUT2D eigenvalue weighted by molar-refractivity contribution is 7.89. The molecule has 0 bridgehead atoms. The van der Waals surface area contributed by atoms with Crippen molar-refractivity contribution in [2.24, 2.45) is 5.84 Å². The molecule has 0 aliphatic heterocycles. The van der Waals surface area contributed by atoms with Gasteiger partial charge in [-0.15, -0.1) is 0 Å². The van der Waals surface area contributed by atoms with Gasteiger partial charge in [-0.2, -0.15) is 4.98 Å². The molecule has 2 rings (SSSR count). The van der Waals surface area contributed by atoms with Crippen molar-refractivity contribution < 1.29 is 12.9 Å². The zero-order valence-electron chi connectivity index (χ0n) is 11.0. The van der Waals surface area contributed by atoms with Gasteiger partial charge in [-0.25, -0.2) is 24.0 Å². The summed E-state index contributed by atoms with van der Waals surface area (Å²) < 4.78 is 31.3. The number of hydrogen-bond donors (Lipinski definition) is 3. The van der Waals surface area contributed by atoms with E-state index in [1.807, 2.05) is 0 Å². The van der Waals surface area contributed by atoms with Crippen LogP contribution in [0.4, 0.5) is 5.82 Å². The zero-order valence-corrected chi connectivity index (χ0v) is 12.6. The quantitative estimate of drug-likeness (QED) is 0.505. The first-order chi connectivity index (χ1) is 9.92. The van der Waals surface area contributed by atoms with E-state index in [4.69, 9.17) is 22.0 Å². The summed E-state index contributed by atoms with van der Waals surface area (Å²) in [4.78, 5) is 7.72. The Morgan fingerprint density at radius 2 is 2.24 bits per heavy atom. The number of nitrogens with two attached hydrogens (primary N) is 1. The first-order valence-electron chi connectivity index (χ1n) is 5.83. The second kappa shape index (κ2) is 6.35. The molecule has 4 N–H and O–H groups in total. The Balaban J connectivity index is 2.02. The molecule has 0 saturated carbocycles. The van der Waals surface area contributed by atoms with E-state index in [0.717, 1.165) is 6.20 Å². The number of nitrogens with zero attached hydrogens (tertiary/aromatic N) is 3. The van der Waals surface area contributed by atoms with Crippen molar-refractivity contribution in [3.8, 4) is 0 Å². The zero-order chi connectivity index (χ0) is 15.5. The fraction of sp³-hybridized carbons (Fsp3) is 0.300. The first kappa shape index (κ1) is 15.6. The lowest BCUT2D eigenvalue weighted by atomic mass is 10.4. The van der Waals surface area contributed by atoms with Gasteiger partial charge in [0.05, 0.1) is 5.02 Å². The molecular formula is C10H13ClN6O3S. The van der Waals surface area contributed by atoms with Crippen molar-refractivity contribution in [2.75, 3.05) is 12.0 Å². The highest BCUT2D eigenvalue weighted by Crippen LogP contribution is 2.21. The minimum Gasteiger partial charge on any atom is -0.340 e. The predicted octanol–water partition coefficient (Wildman–Crippen LogP) is 0.233. The summed E-state index contributed by atoms with van der Waals surface area (Å²) in [5, 5.41) is 3.77. The Morgan fingerprint density at radius 3 is 2.81 bits per heavy atom. The van der Waals surface area contributed by atoms with Crippen LogP contribution in [0.2, 0.25) is 5.02 Å². The predicted molar refractivity (Wildman–Crippen MR) is 75.0 cm³/mol. The van der Waals surface area contributed by atoms with Crippen LogP contribution in [0.25, 0.3) is 0 Å². The highest BCUT2D eigenvalue weighted by atomic mass is 35.5. The third kappa shape index (κ3) is 3.88. The van der Waals surface area contributed by atoms with Gasteiger partial charge in [0.1, 0.15) is 4.90 Å². The van der Waals surface area contributed by atoms with Crippen molar-refractivity contribution in [3.63, 3.8) is 0 Å². The molecule has 0 aromatic carbocycles. The number of hydrazine groups is 1. The minimum absolute atomic E-state index is 0.0595. The maximum atomic E-state index is 12.1. The lowest BCUT2D eigenvalue weighted by Crippen LogP contribution is -2.26. The van der Waals surface area contributed by atoms with Crippen LogP contribution in [0.5, 0.6) is 0 Å². The number of aromatic nitrogens is 3. The number of nitrogens with one attached hydrogen (secondary N) is 2. The van der Waals surface area contributed by atoms with Crippen LogP contribution in [0.1, 0.15) is 11.7 Å². The normalized spacial score (nSPS) is 11.6. The second-order valence-corrected chi connectivity index (χ2v) is 6.20. The van der Waals surface area contributed by atoms with E-state index in [1.165, 1.54) is 6.07 Å². The Hall–Kier alpha value is -1.75. The molecule has 0 saturated heterocycles. The van der Waals surface area contributed by atoms with Gasteiger partial charge in [0.25, 0.3) is 0 Å². The van der Waals surface area contributed by atoms with Gasteiger partial charge in [0, 0.05) is 26.1 Å². The maximum absolute atomic E-state index is 12.1. The van der Waals surface area contributed by atoms with Crippen LogP contribution < -0.4 is 16.0 Å². The molecule has 21 heavy (non-hydrogen) atoms. The first-order valence-corrected chi connectivity index (χ1v) is 7.69. The molecule has 2 aromatic rings. The van der Waals surface area contributed by atoms with Gasteiger partial charge in [0.2, 0.25) is 15.9 Å². The number of hydrogen-bond acceptors (Lipinski definition) is 8. The van der Waals surface area contributed by atoms with Crippen molar-refractivity contribution in [1.29, 1.82) is 0 Å². The van der Waals surface area contributed by atoms with Gasteiger partial charge < -0.3 is 9.95 Å². The number of pyridine rings is 1. The summed E-state index contributed by atoms with van der Waals surface area (Å²) in [6.07, 6.45) is 1.46. The summed E-state index contributed by atoms with van der Waals surface area (Å²) in [6.45, 7) is 1.77. The van der Waals surface area contributed by atoms with Crippen molar-refractivity contribution in [2.45, 2.75) is 18.2 Å². The average Bonchev–Trinajstić information content (AvgIpc) is 2.84. The SMILES string of the molecule is Cc1nc(CCNS(=O)(=O)c2cnc(NN)c(Cl)c2)no1. The molecule has 9 nitrogen and oxygen atoms in total.